The number of rotatable bonds is 9. The van der Waals surface area contributed by atoms with Crippen LogP contribution in [0.15, 0.2) is 67.4 Å². The molecule has 11 nitrogen and oxygen atoms in total. The number of hydrogen-bond donors (Lipinski definition) is 3. The van der Waals surface area contributed by atoms with Gasteiger partial charge in [0.25, 0.3) is 5.91 Å². The summed E-state index contributed by atoms with van der Waals surface area (Å²) in [6.45, 7) is 5.36. The molecule has 0 bridgehead atoms. The normalized spacial score (nSPS) is 19.6. The van der Waals surface area contributed by atoms with Crippen LogP contribution in [0, 0.1) is 10.8 Å². The molecule has 2 aliphatic rings. The van der Waals surface area contributed by atoms with Gasteiger partial charge in [-0.25, -0.2) is 18.8 Å². The van der Waals surface area contributed by atoms with Crippen molar-refractivity contribution < 1.29 is 27.5 Å². The fraction of sp³-hybridized carbons (Fsp3) is 0.375. The van der Waals surface area contributed by atoms with E-state index >= 15 is 0 Å². The number of carbonyl (C=O) groups is 2. The Morgan fingerprint density at radius 3 is 2.48 bits per heavy atom. The average Bonchev–Trinajstić information content (AvgIpc) is 3.36. The second-order valence-corrected chi connectivity index (χ2v) is 14.4. The number of amides is 2. The Labute approximate surface area is 283 Å². The summed E-state index contributed by atoms with van der Waals surface area (Å²) in [7, 11) is 0. The van der Waals surface area contributed by atoms with Crippen molar-refractivity contribution in [2.45, 2.75) is 63.3 Å². The van der Waals surface area contributed by atoms with Crippen LogP contribution in [-0.4, -0.2) is 60.3 Å². The van der Waals surface area contributed by atoms with Crippen LogP contribution >= 0.6 is 23.1 Å². The van der Waals surface area contributed by atoms with E-state index < -0.39 is 47.3 Å². The standard InChI is InChI=1S/C32H32ClF3N8O3S/c1-29(2,3)16-31(21-7-4-19(5-8-21)25-10-13-40-48-25)26(45)44(27(37)41-31)24(15-47-28(46)42-30(11-12-30)32(34,35)36)20-6-9-22(33)23(14-20)43-18-38-17-39-43/h4-10,13-14,17-18,24H,11-12,15-16H2,1-3H3,(H2,37,41)(H,42,46)/t24-,31-/m1/s1. The zero-order valence-electron chi connectivity index (χ0n) is 26.1. The number of aromatic nitrogens is 4. The smallest absolute Gasteiger partial charge is 0.411 e. The summed E-state index contributed by atoms with van der Waals surface area (Å²) in [6, 6.07) is 13.0. The van der Waals surface area contributed by atoms with Gasteiger partial charge in [0, 0.05) is 6.20 Å². The number of carbonyl (C=O) groups excluding carboxylic acids is 2. The van der Waals surface area contributed by atoms with E-state index in [2.05, 4.69) is 19.8 Å². The molecule has 0 spiro atoms. The highest BCUT2D eigenvalue weighted by Gasteiger charge is 2.64. The van der Waals surface area contributed by atoms with Gasteiger partial charge >= 0.3 is 12.3 Å². The Bertz CT molecular complexity index is 1820. The molecule has 16 heteroatoms. The fourth-order valence-electron chi connectivity index (χ4n) is 5.97. The number of hydrogen-bond acceptors (Lipinski definition) is 8. The topological polar surface area (TPSA) is 138 Å². The van der Waals surface area contributed by atoms with Gasteiger partial charge in [0.15, 0.2) is 5.96 Å². The summed E-state index contributed by atoms with van der Waals surface area (Å²) >= 11 is 7.82. The number of alkyl carbamates (subject to hydrolysis) is 1. The molecule has 1 aliphatic carbocycles. The van der Waals surface area contributed by atoms with Crippen molar-refractivity contribution in [3.63, 3.8) is 0 Å². The molecular weight excluding hydrogens is 669 g/mol. The number of nitrogens with one attached hydrogen (secondary N) is 3. The molecule has 48 heavy (non-hydrogen) atoms. The molecule has 2 atom stereocenters. The first-order chi connectivity index (χ1) is 22.6. The molecule has 3 N–H and O–H groups in total. The fourth-order valence-corrected chi connectivity index (χ4v) is 6.78. The zero-order chi connectivity index (χ0) is 34.5. The van der Waals surface area contributed by atoms with Crippen molar-refractivity contribution >= 4 is 41.1 Å². The molecule has 1 saturated carbocycles. The number of halogens is 4. The van der Waals surface area contributed by atoms with Gasteiger partial charge in [-0.1, -0.05) is 62.7 Å². The van der Waals surface area contributed by atoms with Gasteiger partial charge in [0.1, 0.15) is 30.3 Å². The van der Waals surface area contributed by atoms with E-state index in [4.69, 9.17) is 21.7 Å². The summed E-state index contributed by atoms with van der Waals surface area (Å²) in [4.78, 5) is 33.7. The van der Waals surface area contributed by atoms with E-state index in [1.165, 1.54) is 33.8 Å². The van der Waals surface area contributed by atoms with Crippen LogP contribution in [0.2, 0.25) is 5.02 Å². The highest BCUT2D eigenvalue weighted by atomic mass is 35.5. The molecule has 1 saturated heterocycles. The molecule has 3 heterocycles. The summed E-state index contributed by atoms with van der Waals surface area (Å²) in [5.74, 6) is -0.760. The van der Waals surface area contributed by atoms with Crippen molar-refractivity contribution in [3.05, 3.63) is 83.5 Å². The van der Waals surface area contributed by atoms with Crippen LogP contribution in [0.3, 0.4) is 0 Å². The van der Waals surface area contributed by atoms with Gasteiger partial charge in [-0.3, -0.25) is 15.1 Å². The van der Waals surface area contributed by atoms with E-state index in [0.717, 1.165) is 10.4 Å². The first-order valence-electron chi connectivity index (χ1n) is 15.0. The molecule has 6 rings (SSSR count). The molecule has 2 aromatic heterocycles. The van der Waals surface area contributed by atoms with E-state index in [-0.39, 0.29) is 25.2 Å². The minimum absolute atomic E-state index is 0.260. The second-order valence-electron chi connectivity index (χ2n) is 13.1. The highest BCUT2D eigenvalue weighted by molar-refractivity contribution is 7.09. The minimum Gasteiger partial charge on any atom is -0.447 e. The molecule has 2 amide bonds. The monoisotopic (exact) mass is 700 g/mol. The predicted molar refractivity (Wildman–Crippen MR) is 173 cm³/mol. The van der Waals surface area contributed by atoms with Gasteiger partial charge < -0.3 is 15.4 Å². The lowest BCUT2D eigenvalue weighted by Crippen LogP contribution is -2.49. The number of alkyl halides is 3. The third-order valence-corrected chi connectivity index (χ3v) is 9.51. The van der Waals surface area contributed by atoms with Gasteiger partial charge in [-0.05, 0) is 71.1 Å². The Kier molecular flexibility index (Phi) is 8.48. The van der Waals surface area contributed by atoms with E-state index in [1.54, 1.807) is 24.4 Å². The predicted octanol–water partition coefficient (Wildman–Crippen LogP) is 6.60. The van der Waals surface area contributed by atoms with Crippen LogP contribution in [0.25, 0.3) is 16.1 Å². The Balaban J connectivity index is 1.38. The third kappa shape index (κ3) is 6.35. The van der Waals surface area contributed by atoms with Gasteiger partial charge in [-0.15, -0.1) is 0 Å². The molecule has 4 aromatic rings. The third-order valence-electron chi connectivity index (χ3n) is 8.39. The van der Waals surface area contributed by atoms with Crippen molar-refractivity contribution in [1.29, 1.82) is 5.41 Å². The number of guanidine groups is 1. The summed E-state index contributed by atoms with van der Waals surface area (Å²) in [5, 5.41) is 18.6. The highest BCUT2D eigenvalue weighted by Crippen LogP contribution is 2.49. The maximum atomic E-state index is 14.8. The molecular formula is C32H32ClF3N8O3S. The van der Waals surface area contributed by atoms with Crippen molar-refractivity contribution in [3.8, 4) is 16.1 Å². The van der Waals surface area contributed by atoms with Gasteiger partial charge in [0.2, 0.25) is 0 Å². The first kappa shape index (κ1) is 33.4. The summed E-state index contributed by atoms with van der Waals surface area (Å²) in [5.41, 5.74) is -1.83. The first-order valence-corrected chi connectivity index (χ1v) is 16.2. The Hall–Kier alpha value is -4.50. The zero-order valence-corrected chi connectivity index (χ0v) is 27.7. The number of benzene rings is 2. The van der Waals surface area contributed by atoms with Crippen LogP contribution in [-0.2, 0) is 15.1 Å². The van der Waals surface area contributed by atoms with Crippen LogP contribution in [0.1, 0.15) is 57.2 Å². The van der Waals surface area contributed by atoms with Crippen LogP contribution in [0.4, 0.5) is 18.0 Å². The maximum absolute atomic E-state index is 14.8. The molecule has 252 valence electrons. The number of nitrogens with zero attached hydrogens (tertiary/aromatic N) is 5. The van der Waals surface area contributed by atoms with E-state index in [1.807, 2.05) is 56.4 Å². The van der Waals surface area contributed by atoms with E-state index in [9.17, 15) is 22.8 Å². The lowest BCUT2D eigenvalue weighted by Gasteiger charge is -2.35. The Morgan fingerprint density at radius 1 is 1.17 bits per heavy atom. The van der Waals surface area contributed by atoms with Gasteiger partial charge in [0.05, 0.1) is 21.6 Å². The molecule has 2 aromatic carbocycles. The number of ether oxygens (including phenoxy) is 1. The summed E-state index contributed by atoms with van der Waals surface area (Å²) < 4.78 is 51.7. The Morgan fingerprint density at radius 2 is 1.90 bits per heavy atom. The molecule has 2 fully saturated rings. The summed E-state index contributed by atoms with van der Waals surface area (Å²) in [6.07, 6.45) is -1.73. The van der Waals surface area contributed by atoms with Crippen LogP contribution in [0.5, 0.6) is 0 Å². The maximum Gasteiger partial charge on any atom is 0.411 e. The minimum atomic E-state index is -4.65. The van der Waals surface area contributed by atoms with Crippen LogP contribution < -0.4 is 10.6 Å². The SMILES string of the molecule is CC(C)(C)C[C@]1(c2ccc(-c3ccns3)cc2)NC(=N)N([C@H](COC(=O)NC2(C(F)(F)F)CC2)c2ccc(Cl)c(-n3cncn3)c2)C1=O. The largest absolute Gasteiger partial charge is 0.447 e. The van der Waals surface area contributed by atoms with E-state index in [0.29, 0.717) is 21.8 Å². The molecule has 0 unspecified atom stereocenters. The second kappa shape index (κ2) is 12.2. The lowest BCUT2D eigenvalue weighted by molar-refractivity contribution is -0.164. The van der Waals surface area contributed by atoms with Crippen molar-refractivity contribution in [1.82, 2.24) is 34.7 Å². The average molecular weight is 701 g/mol. The quantitative estimate of drug-likeness (QED) is 0.179. The molecule has 1 aliphatic heterocycles. The van der Waals surface area contributed by atoms with Crippen molar-refractivity contribution in [2.75, 3.05) is 6.61 Å². The van der Waals surface area contributed by atoms with Gasteiger partial charge in [-0.2, -0.15) is 18.3 Å². The molecule has 0 radical (unpaired) electrons. The van der Waals surface area contributed by atoms with Crippen molar-refractivity contribution in [2.24, 2.45) is 5.41 Å². The lowest BCUT2D eigenvalue weighted by atomic mass is 9.75.